The Hall–Kier alpha value is -5.20. The largest absolute Gasteiger partial charge is 0.375 e. The molecule has 6 nitrogen and oxygen atoms in total. The van der Waals surface area contributed by atoms with Crippen LogP contribution < -0.4 is 10.1 Å². The molecule has 0 radical (unpaired) electrons. The van der Waals surface area contributed by atoms with Gasteiger partial charge in [-0.3, -0.25) is 0 Å². The average Bonchev–Trinajstić information content (AvgIpc) is 3.58. The van der Waals surface area contributed by atoms with E-state index in [1.54, 1.807) is 14.2 Å². The highest BCUT2D eigenvalue weighted by molar-refractivity contribution is 7.55. The third-order valence-electron chi connectivity index (χ3n) is 11.6. The monoisotopic (exact) mass is 787 g/mol. The summed E-state index contributed by atoms with van der Waals surface area (Å²) in [4.78, 5) is 0. The van der Waals surface area contributed by atoms with E-state index in [0.717, 1.165) is 61.4 Å². The fraction of sp³-hybridized carbons (Fsp3) is 0.235. The lowest BCUT2D eigenvalue weighted by atomic mass is 9.71. The molecule has 8 rings (SSSR count). The first-order valence-electron chi connectivity index (χ1n) is 19.9. The summed E-state index contributed by atoms with van der Waals surface area (Å²) in [6.07, 6.45) is 2.88. The minimum Gasteiger partial charge on any atom is -0.375 e. The Morgan fingerprint density at radius 3 is 1.21 bits per heavy atom. The Balaban J connectivity index is 1.56. The molecule has 0 bridgehead atoms. The van der Waals surface area contributed by atoms with Gasteiger partial charge in [-0.05, 0) is 86.1 Å². The van der Waals surface area contributed by atoms with Crippen molar-refractivity contribution in [2.24, 2.45) is 0 Å². The van der Waals surface area contributed by atoms with Gasteiger partial charge in [-0.15, -0.1) is 0 Å². The van der Waals surface area contributed by atoms with Gasteiger partial charge in [-0.1, -0.05) is 157 Å². The Bertz CT molecular complexity index is 2220. The van der Waals surface area contributed by atoms with Gasteiger partial charge in [0.05, 0.1) is 0 Å². The molecule has 294 valence electrons. The number of aromatic nitrogens is 2. The minimum atomic E-state index is -2.08. The van der Waals surface area contributed by atoms with Crippen LogP contribution in [0.2, 0.25) is 0 Å². The van der Waals surface area contributed by atoms with Crippen LogP contribution in [0.15, 0.2) is 158 Å². The molecule has 7 heteroatoms. The number of benzene rings is 6. The molecular formula is C51H52N2O4P+. The second-order valence-corrected chi connectivity index (χ2v) is 16.8. The van der Waals surface area contributed by atoms with Gasteiger partial charge in [-0.25, -0.2) is 0 Å². The Kier molecular flexibility index (Phi) is 11.1. The molecule has 1 fully saturated rings. The predicted octanol–water partition coefficient (Wildman–Crippen LogP) is 10.5. The Morgan fingerprint density at radius 1 is 0.517 bits per heavy atom. The lowest BCUT2D eigenvalue weighted by Crippen LogP contribution is -2.56. The van der Waals surface area contributed by atoms with Gasteiger partial charge in [0, 0.05) is 14.2 Å². The normalized spacial score (nSPS) is 17.9. The van der Waals surface area contributed by atoms with Crippen molar-refractivity contribution < 1.29 is 23.1 Å². The maximum Gasteiger partial charge on any atom is 0.345 e. The summed E-state index contributed by atoms with van der Waals surface area (Å²) in [6, 6.07) is 50.7. The molecule has 2 atom stereocenters. The predicted molar refractivity (Wildman–Crippen MR) is 233 cm³/mol. The summed E-state index contributed by atoms with van der Waals surface area (Å²) in [5, 5.41) is 0. The first-order chi connectivity index (χ1) is 28.1. The van der Waals surface area contributed by atoms with Gasteiger partial charge in [0.15, 0.2) is 11.2 Å². The Morgan fingerprint density at radius 2 is 0.862 bits per heavy atom. The van der Waals surface area contributed by atoms with Crippen molar-refractivity contribution in [1.29, 1.82) is 0 Å². The zero-order valence-electron chi connectivity index (χ0n) is 34.6. The molecule has 0 saturated carbocycles. The number of methoxy groups -OCH3 is 2. The lowest BCUT2D eigenvalue weighted by molar-refractivity contribution is -0.576. The van der Waals surface area contributed by atoms with Crippen molar-refractivity contribution in [3.05, 3.63) is 214 Å². The summed E-state index contributed by atoms with van der Waals surface area (Å²) in [5.41, 5.74) is 11.3. The fourth-order valence-electron chi connectivity index (χ4n) is 9.43. The average molecular weight is 788 g/mol. The van der Waals surface area contributed by atoms with Crippen molar-refractivity contribution in [2.45, 2.75) is 65.0 Å². The maximum atomic E-state index is 8.08. The van der Waals surface area contributed by atoms with Crippen molar-refractivity contribution >= 4 is 13.9 Å². The number of ether oxygens (including phenoxy) is 2. The highest BCUT2D eigenvalue weighted by Crippen LogP contribution is 2.61. The summed E-state index contributed by atoms with van der Waals surface area (Å²) in [7, 11) is 1.44. The van der Waals surface area contributed by atoms with Crippen molar-refractivity contribution in [3.63, 3.8) is 0 Å². The molecule has 1 saturated heterocycles. The number of nitrogens with zero attached hydrogens (tertiary/aromatic N) is 2. The smallest absolute Gasteiger partial charge is 0.345 e. The first-order valence-corrected chi connectivity index (χ1v) is 21.1. The molecule has 7 aromatic rings. The Labute approximate surface area is 344 Å². The first kappa shape index (κ1) is 39.6. The lowest BCUT2D eigenvalue weighted by Gasteiger charge is -2.45. The van der Waals surface area contributed by atoms with Crippen LogP contribution in [-0.2, 0) is 29.7 Å². The van der Waals surface area contributed by atoms with Crippen molar-refractivity contribution in [2.75, 3.05) is 14.2 Å². The number of hydrogen-bond acceptors (Lipinski definition) is 4. The van der Waals surface area contributed by atoms with Crippen LogP contribution in [-0.4, -0.2) is 31.0 Å². The summed E-state index contributed by atoms with van der Waals surface area (Å²) in [6.45, 7) is 13.1. The molecule has 1 aliphatic heterocycles. The zero-order valence-corrected chi connectivity index (χ0v) is 35.5. The van der Waals surface area contributed by atoms with Gasteiger partial charge in [0.25, 0.3) is 8.38 Å². The van der Waals surface area contributed by atoms with Crippen LogP contribution in [0.25, 0.3) is 11.4 Å². The third kappa shape index (κ3) is 6.63. The van der Waals surface area contributed by atoms with E-state index in [4.69, 9.17) is 18.5 Å². The molecule has 0 aliphatic carbocycles. The molecule has 0 unspecified atom stereocenters. The quantitative estimate of drug-likeness (QED) is 0.108. The van der Waals surface area contributed by atoms with Gasteiger partial charge < -0.3 is 18.5 Å². The van der Waals surface area contributed by atoms with Crippen molar-refractivity contribution in [1.82, 2.24) is 4.57 Å². The molecule has 0 N–H and O–H groups in total. The molecule has 0 spiro atoms. The van der Waals surface area contributed by atoms with E-state index in [1.807, 2.05) is 24.3 Å². The van der Waals surface area contributed by atoms with E-state index < -0.39 is 31.8 Å². The molecule has 1 aromatic heterocycles. The number of rotatable bonds is 9. The molecule has 6 aromatic carbocycles. The zero-order chi connectivity index (χ0) is 40.6. The summed E-state index contributed by atoms with van der Waals surface area (Å²) < 4.78 is 34.5. The van der Waals surface area contributed by atoms with E-state index in [2.05, 4.69) is 184 Å². The molecule has 58 heavy (non-hydrogen) atoms. The van der Waals surface area contributed by atoms with E-state index in [-0.39, 0.29) is 0 Å². The fourth-order valence-corrected chi connectivity index (χ4v) is 11.5. The van der Waals surface area contributed by atoms with Crippen LogP contribution in [0.3, 0.4) is 0 Å². The van der Waals surface area contributed by atoms with Crippen LogP contribution in [0, 0.1) is 41.5 Å². The molecule has 2 heterocycles. The van der Waals surface area contributed by atoms with E-state index in [1.165, 1.54) is 11.1 Å². The van der Waals surface area contributed by atoms with E-state index >= 15 is 0 Å². The van der Waals surface area contributed by atoms with Gasteiger partial charge >= 0.3 is 5.57 Å². The van der Waals surface area contributed by atoms with Gasteiger partial charge in [0.2, 0.25) is 0 Å². The van der Waals surface area contributed by atoms with Crippen LogP contribution in [0.5, 0.6) is 0 Å². The summed E-state index contributed by atoms with van der Waals surface area (Å²) in [5.74, 6) is 0. The highest BCUT2D eigenvalue weighted by atomic mass is 31.2. The molecular weight excluding hydrogens is 736 g/mol. The summed E-state index contributed by atoms with van der Waals surface area (Å²) >= 11 is 0. The standard InChI is InChI=1S/C51H52N2O4P/c1-35-31-37(3)45(38(4)32-35)52-29-30-53(46-39(5)33-36(2)34-40(46)6)49(52)58-56-50(41-21-13-9-14-22-41,42-23-15-10-16-24-42)47(54-7)48(55-8)51(57-58,43-25-17-11-18-26-43)44-27-19-12-20-28-44/h9-34,47-48H,1-8H3/q+1/t47-,48-/m1/s1. The van der Waals surface area contributed by atoms with Gasteiger partial charge in [-0.2, -0.15) is 9.13 Å². The number of aryl methyl sites for hydroxylation is 6. The SMILES string of the molecule is CO[C@@H]1[C@@H](OC)C(c2ccccc2)(c2ccccc2)OP(c2n(-c3c(C)cc(C)cc3C)cc[n+]2-c2c(C)cc(C)cc2C)OC1(c1ccccc1)c1ccccc1. The second-order valence-electron chi connectivity index (χ2n) is 15.5. The van der Waals surface area contributed by atoms with E-state index in [9.17, 15) is 0 Å². The number of imidazole rings is 1. The van der Waals surface area contributed by atoms with Crippen LogP contribution in [0.1, 0.15) is 55.6 Å². The third-order valence-corrected chi connectivity index (χ3v) is 13.2. The minimum absolute atomic E-state index is 0.724. The maximum absolute atomic E-state index is 8.08. The van der Waals surface area contributed by atoms with Gasteiger partial charge in [0.1, 0.15) is 36.0 Å². The topological polar surface area (TPSA) is 45.7 Å². The van der Waals surface area contributed by atoms with E-state index in [0.29, 0.717) is 0 Å². The van der Waals surface area contributed by atoms with Crippen molar-refractivity contribution in [3.8, 4) is 11.4 Å². The van der Waals surface area contributed by atoms with Crippen LogP contribution in [0.4, 0.5) is 0 Å². The molecule has 1 aliphatic rings. The second kappa shape index (κ2) is 16.2. The molecule has 0 amide bonds. The number of hydrogen-bond donors (Lipinski definition) is 0. The van der Waals surface area contributed by atoms with Crippen LogP contribution >= 0.6 is 8.38 Å². The highest BCUT2D eigenvalue weighted by Gasteiger charge is 2.63.